The highest BCUT2D eigenvalue weighted by Gasteiger charge is 2.30. The molecule has 0 spiro atoms. The Balaban J connectivity index is 1.99. The second-order valence-corrected chi connectivity index (χ2v) is 7.48. The van der Waals surface area contributed by atoms with Gasteiger partial charge in [0.25, 0.3) is 0 Å². The minimum absolute atomic E-state index is 0.104. The van der Waals surface area contributed by atoms with Gasteiger partial charge in [0, 0.05) is 18.8 Å². The first-order valence-corrected chi connectivity index (χ1v) is 9.10. The number of anilines is 1. The van der Waals surface area contributed by atoms with E-state index in [4.69, 9.17) is 0 Å². The van der Waals surface area contributed by atoms with E-state index in [0.717, 1.165) is 24.9 Å². The van der Waals surface area contributed by atoms with Crippen molar-refractivity contribution in [3.63, 3.8) is 0 Å². The minimum Gasteiger partial charge on any atom is -0.326 e. The Labute approximate surface area is 126 Å². The molecule has 1 amide bonds. The molecule has 116 valence electrons. The van der Waals surface area contributed by atoms with Crippen molar-refractivity contribution in [1.29, 1.82) is 0 Å². The highest BCUT2D eigenvalue weighted by molar-refractivity contribution is 7.88. The normalized spacial score (nSPS) is 20.2. The Hall–Kier alpha value is -1.40. The van der Waals surface area contributed by atoms with Gasteiger partial charge in [-0.15, -0.1) is 0 Å². The van der Waals surface area contributed by atoms with Crippen LogP contribution >= 0.6 is 0 Å². The fourth-order valence-electron chi connectivity index (χ4n) is 2.53. The predicted octanol–water partition coefficient (Wildman–Crippen LogP) is 1.86. The molecule has 5 nitrogen and oxygen atoms in total. The predicted molar refractivity (Wildman–Crippen MR) is 83.6 cm³/mol. The molecule has 21 heavy (non-hydrogen) atoms. The van der Waals surface area contributed by atoms with Crippen LogP contribution in [0.3, 0.4) is 0 Å². The number of hydrogen-bond donors (Lipinski definition) is 1. The van der Waals surface area contributed by atoms with Crippen molar-refractivity contribution in [2.75, 3.05) is 24.7 Å². The van der Waals surface area contributed by atoms with E-state index in [0.29, 0.717) is 6.54 Å². The van der Waals surface area contributed by atoms with Gasteiger partial charge >= 0.3 is 0 Å². The van der Waals surface area contributed by atoms with E-state index in [1.807, 2.05) is 24.3 Å². The fourth-order valence-corrected chi connectivity index (χ4v) is 3.44. The summed E-state index contributed by atoms with van der Waals surface area (Å²) in [6.45, 7) is 2.86. The van der Waals surface area contributed by atoms with E-state index in [9.17, 15) is 13.2 Å². The first-order valence-electron chi connectivity index (χ1n) is 7.25. The number of amides is 1. The van der Waals surface area contributed by atoms with Crippen molar-refractivity contribution in [1.82, 2.24) is 4.31 Å². The lowest BCUT2D eigenvalue weighted by Crippen LogP contribution is -2.43. The smallest absolute Gasteiger partial charge is 0.228 e. The maximum atomic E-state index is 12.3. The summed E-state index contributed by atoms with van der Waals surface area (Å²) in [6, 6.07) is 7.74. The highest BCUT2D eigenvalue weighted by atomic mass is 32.2. The first-order chi connectivity index (χ1) is 9.90. The summed E-state index contributed by atoms with van der Waals surface area (Å²) >= 11 is 0. The van der Waals surface area contributed by atoms with Gasteiger partial charge < -0.3 is 5.32 Å². The van der Waals surface area contributed by atoms with Gasteiger partial charge in [0.1, 0.15) is 0 Å². The summed E-state index contributed by atoms with van der Waals surface area (Å²) in [5, 5.41) is 2.87. The second kappa shape index (κ2) is 6.58. The Morgan fingerprint density at radius 1 is 1.33 bits per heavy atom. The molecule has 1 fully saturated rings. The number of piperidine rings is 1. The Kier molecular flexibility index (Phi) is 5.00. The maximum Gasteiger partial charge on any atom is 0.228 e. The molecule has 2 rings (SSSR count). The van der Waals surface area contributed by atoms with E-state index < -0.39 is 10.0 Å². The van der Waals surface area contributed by atoms with Crippen molar-refractivity contribution in [3.8, 4) is 0 Å². The molecule has 0 radical (unpaired) electrons. The third kappa shape index (κ3) is 4.28. The van der Waals surface area contributed by atoms with Crippen LogP contribution in [0.15, 0.2) is 24.3 Å². The summed E-state index contributed by atoms with van der Waals surface area (Å²) in [5.74, 6) is -0.382. The number of carbonyl (C=O) groups is 1. The van der Waals surface area contributed by atoms with Crippen molar-refractivity contribution >= 4 is 21.6 Å². The standard InChI is InChI=1S/C15H22N2O3S/c1-3-12-6-8-14(9-7-12)16-15(18)13-5-4-10-17(11-13)21(2,19)20/h6-9,13H,3-5,10-11H2,1-2H3,(H,16,18)/t13-/m1/s1. The fraction of sp³-hybridized carbons (Fsp3) is 0.533. The third-order valence-corrected chi connectivity index (χ3v) is 5.12. The van der Waals surface area contributed by atoms with Crippen LogP contribution in [0.4, 0.5) is 5.69 Å². The third-order valence-electron chi connectivity index (χ3n) is 3.85. The van der Waals surface area contributed by atoms with E-state index in [1.54, 1.807) is 0 Å². The molecule has 0 saturated carbocycles. The first kappa shape index (κ1) is 16.0. The molecule has 1 saturated heterocycles. The number of sulfonamides is 1. The van der Waals surface area contributed by atoms with Gasteiger partial charge in [0.15, 0.2) is 0 Å². The zero-order valence-corrected chi connectivity index (χ0v) is 13.3. The number of nitrogens with one attached hydrogen (secondary N) is 1. The molecule has 0 aromatic heterocycles. The lowest BCUT2D eigenvalue weighted by atomic mass is 9.98. The van der Waals surface area contributed by atoms with Crippen LogP contribution < -0.4 is 5.32 Å². The molecule has 6 heteroatoms. The summed E-state index contributed by atoms with van der Waals surface area (Å²) in [7, 11) is -3.22. The van der Waals surface area contributed by atoms with Gasteiger partial charge in [-0.1, -0.05) is 19.1 Å². The number of carbonyl (C=O) groups excluding carboxylic acids is 1. The zero-order valence-electron chi connectivity index (χ0n) is 12.5. The Morgan fingerprint density at radius 2 is 2.00 bits per heavy atom. The van der Waals surface area contributed by atoms with Crippen molar-refractivity contribution in [2.45, 2.75) is 26.2 Å². The average Bonchev–Trinajstić information content (AvgIpc) is 2.47. The number of nitrogens with zero attached hydrogens (tertiary/aromatic N) is 1. The maximum absolute atomic E-state index is 12.3. The minimum atomic E-state index is -3.22. The van der Waals surface area contributed by atoms with Crippen LogP contribution in [0.1, 0.15) is 25.3 Å². The largest absolute Gasteiger partial charge is 0.326 e. The molecule has 1 aliphatic heterocycles. The van der Waals surface area contributed by atoms with Crippen LogP contribution in [0.25, 0.3) is 0 Å². The monoisotopic (exact) mass is 310 g/mol. The average molecular weight is 310 g/mol. The molecule has 1 aliphatic rings. The number of rotatable bonds is 4. The van der Waals surface area contributed by atoms with Crippen molar-refractivity contribution in [3.05, 3.63) is 29.8 Å². The highest BCUT2D eigenvalue weighted by Crippen LogP contribution is 2.20. The number of hydrogen-bond acceptors (Lipinski definition) is 3. The molecular weight excluding hydrogens is 288 g/mol. The molecule has 1 aromatic rings. The summed E-state index contributed by atoms with van der Waals surface area (Å²) < 4.78 is 24.5. The van der Waals surface area contributed by atoms with Gasteiger partial charge in [-0.25, -0.2) is 12.7 Å². The van der Waals surface area contributed by atoms with E-state index in [1.165, 1.54) is 16.1 Å². The quantitative estimate of drug-likeness (QED) is 0.923. The molecule has 1 atom stereocenters. The second-order valence-electron chi connectivity index (χ2n) is 5.50. The van der Waals surface area contributed by atoms with Crippen LogP contribution in [0, 0.1) is 5.92 Å². The number of benzene rings is 1. The summed E-state index contributed by atoms with van der Waals surface area (Å²) in [6.07, 6.45) is 3.60. The van der Waals surface area contributed by atoms with E-state index in [2.05, 4.69) is 12.2 Å². The van der Waals surface area contributed by atoms with Crippen LogP contribution in [-0.4, -0.2) is 38.0 Å². The van der Waals surface area contributed by atoms with Crippen LogP contribution in [0.2, 0.25) is 0 Å². The Morgan fingerprint density at radius 3 is 2.57 bits per heavy atom. The van der Waals surface area contributed by atoms with E-state index >= 15 is 0 Å². The van der Waals surface area contributed by atoms with Crippen LogP contribution in [0.5, 0.6) is 0 Å². The number of aryl methyl sites for hydroxylation is 1. The zero-order chi connectivity index (χ0) is 15.5. The van der Waals surface area contributed by atoms with E-state index in [-0.39, 0.29) is 18.4 Å². The SMILES string of the molecule is CCc1ccc(NC(=O)[C@@H]2CCCN(S(C)(=O)=O)C2)cc1. The lowest BCUT2D eigenvalue weighted by molar-refractivity contribution is -0.120. The van der Waals surface area contributed by atoms with Crippen LogP contribution in [-0.2, 0) is 21.2 Å². The molecule has 1 heterocycles. The van der Waals surface area contributed by atoms with Gasteiger partial charge in [-0.2, -0.15) is 0 Å². The van der Waals surface area contributed by atoms with Crippen molar-refractivity contribution < 1.29 is 13.2 Å². The molecule has 0 unspecified atom stereocenters. The van der Waals surface area contributed by atoms with Gasteiger partial charge in [0.05, 0.1) is 12.2 Å². The topological polar surface area (TPSA) is 66.5 Å². The lowest BCUT2D eigenvalue weighted by Gasteiger charge is -2.30. The molecule has 1 N–H and O–H groups in total. The van der Waals surface area contributed by atoms with Gasteiger partial charge in [-0.3, -0.25) is 4.79 Å². The van der Waals surface area contributed by atoms with Gasteiger partial charge in [-0.05, 0) is 37.0 Å². The Bertz CT molecular complexity index is 596. The molecular formula is C15H22N2O3S. The summed E-state index contributed by atoms with van der Waals surface area (Å²) in [5.41, 5.74) is 1.97. The summed E-state index contributed by atoms with van der Waals surface area (Å²) in [4.78, 5) is 12.3. The van der Waals surface area contributed by atoms with Gasteiger partial charge in [0.2, 0.25) is 15.9 Å². The molecule has 0 bridgehead atoms. The molecule has 1 aromatic carbocycles. The molecule has 0 aliphatic carbocycles. The van der Waals surface area contributed by atoms with Crippen molar-refractivity contribution in [2.24, 2.45) is 5.92 Å².